The third-order valence-corrected chi connectivity index (χ3v) is 17.6. The molecule has 0 amide bonds. The van der Waals surface area contributed by atoms with Gasteiger partial charge in [0.25, 0.3) is 0 Å². The van der Waals surface area contributed by atoms with Gasteiger partial charge < -0.3 is 19.7 Å². The molecule has 2 N–H and O–H groups in total. The van der Waals surface area contributed by atoms with Gasteiger partial charge in [-0.1, -0.05) is 363 Å². The van der Waals surface area contributed by atoms with E-state index in [1.165, 1.54) is 283 Å². The average Bonchev–Trinajstić information content (AvgIpc) is 3.45. The molecule has 0 aliphatic heterocycles. The summed E-state index contributed by atoms with van der Waals surface area (Å²) in [7, 11) is 0. The first-order valence-electron chi connectivity index (χ1n) is 36.9. The molecule has 0 radical (unpaired) electrons. The molecule has 0 saturated heterocycles. The van der Waals surface area contributed by atoms with Crippen molar-refractivity contribution in [1.29, 1.82) is 0 Å². The summed E-state index contributed by atoms with van der Waals surface area (Å²) in [4.78, 5) is 24.6. The lowest BCUT2D eigenvalue weighted by molar-refractivity contribution is -0.145. The van der Waals surface area contributed by atoms with E-state index in [9.17, 15) is 19.8 Å². The second-order valence-electron chi connectivity index (χ2n) is 25.7. The van der Waals surface area contributed by atoms with Gasteiger partial charge in [0.15, 0.2) is 0 Å². The van der Waals surface area contributed by atoms with E-state index < -0.39 is 0 Å². The lowest BCUT2D eigenvalue weighted by Crippen LogP contribution is -2.11. The summed E-state index contributed by atoms with van der Waals surface area (Å²) in [5.41, 5.74) is 0. The Morgan fingerprint density at radius 1 is 0.237 bits per heavy atom. The zero-order chi connectivity index (χ0) is 58.7. The quantitative estimate of drug-likeness (QED) is 0.0466. The summed E-state index contributed by atoms with van der Waals surface area (Å²) < 4.78 is 11.3. The first-order chi connectivity index (χ1) is 39.3. The van der Waals surface area contributed by atoms with Gasteiger partial charge in [0, 0.05) is 12.8 Å². The van der Waals surface area contributed by atoms with Crippen LogP contribution in [0.25, 0.3) is 0 Å². The van der Waals surface area contributed by atoms with Crippen LogP contribution in [-0.2, 0) is 19.1 Å². The van der Waals surface area contributed by atoms with E-state index in [-0.39, 0.29) is 24.1 Å². The molecule has 0 aliphatic carbocycles. The largest absolute Gasteiger partial charge is 0.466 e. The van der Waals surface area contributed by atoms with Gasteiger partial charge in [-0.2, -0.15) is 0 Å². The van der Waals surface area contributed by atoms with Gasteiger partial charge in [0.1, 0.15) is 0 Å². The fourth-order valence-electron chi connectivity index (χ4n) is 11.9. The first kappa shape index (κ1) is 80.9. The molecule has 0 aromatic carbocycles. The average molecular weight is 1130 g/mol. The minimum absolute atomic E-state index is 0.0157. The second-order valence-corrected chi connectivity index (χ2v) is 25.7. The predicted molar refractivity (Wildman–Crippen MR) is 352 cm³/mol. The molecular weight excluding hydrogens is 985 g/mol. The lowest BCUT2D eigenvalue weighted by Gasteiger charge is -2.17. The number of carbonyl (C=O) groups is 2. The standard InChI is InChI=1S/C41H82O3.C33H66O3/c1-4-7-10-13-15-17-19-21-24-27-32-39(33-28-25-22-20-18-16-14-11-8-5-2)37-38-44-41(43)36-31-26-30-35-40(42)34-29-23-12-9-6-3;1-4-7-10-13-16-19-24-31(25-20-17-14-11-8-5-2)29-30-36-33(35)28-23-18-22-27-32(34)26-21-15-12-9-6-3/h39-40,42H,4-38H2,1-3H3;31-32,34H,4-30H2,1-3H3. The van der Waals surface area contributed by atoms with Crippen LogP contribution in [0, 0.1) is 11.8 Å². The minimum atomic E-state index is -0.161. The molecule has 0 bridgehead atoms. The van der Waals surface area contributed by atoms with E-state index in [1.54, 1.807) is 0 Å². The van der Waals surface area contributed by atoms with Crippen molar-refractivity contribution in [1.82, 2.24) is 0 Å². The summed E-state index contributed by atoms with van der Waals surface area (Å²) in [5.74, 6) is 1.40. The van der Waals surface area contributed by atoms with Crippen LogP contribution in [0.1, 0.15) is 427 Å². The number of hydrogen-bond acceptors (Lipinski definition) is 6. The number of ether oxygens (including phenoxy) is 2. The summed E-state index contributed by atoms with van der Waals surface area (Å²) in [6, 6.07) is 0. The maximum atomic E-state index is 12.4. The number of esters is 2. The molecule has 0 fully saturated rings. The van der Waals surface area contributed by atoms with Crippen LogP contribution in [0.15, 0.2) is 0 Å². The van der Waals surface area contributed by atoms with E-state index in [4.69, 9.17) is 9.47 Å². The van der Waals surface area contributed by atoms with Gasteiger partial charge in [-0.05, 0) is 63.2 Å². The van der Waals surface area contributed by atoms with Gasteiger partial charge in [0.05, 0.1) is 25.4 Å². The van der Waals surface area contributed by atoms with Crippen molar-refractivity contribution in [2.24, 2.45) is 11.8 Å². The lowest BCUT2D eigenvalue weighted by atomic mass is 9.91. The maximum Gasteiger partial charge on any atom is 0.305 e. The second kappa shape index (κ2) is 70.3. The molecule has 0 saturated carbocycles. The maximum absolute atomic E-state index is 12.4. The number of aliphatic hydroxyl groups is 2. The van der Waals surface area contributed by atoms with Crippen molar-refractivity contribution in [3.8, 4) is 0 Å². The van der Waals surface area contributed by atoms with Crippen molar-refractivity contribution in [3.05, 3.63) is 0 Å². The Morgan fingerprint density at radius 2 is 0.412 bits per heavy atom. The van der Waals surface area contributed by atoms with Gasteiger partial charge in [-0.15, -0.1) is 0 Å². The van der Waals surface area contributed by atoms with E-state index in [0.717, 1.165) is 95.8 Å². The predicted octanol–water partition coefficient (Wildman–Crippen LogP) is 24.5. The zero-order valence-corrected chi connectivity index (χ0v) is 55.7. The number of carbonyl (C=O) groups excluding carboxylic acids is 2. The zero-order valence-electron chi connectivity index (χ0n) is 55.7. The highest BCUT2D eigenvalue weighted by Gasteiger charge is 2.14. The third kappa shape index (κ3) is 67.6. The SMILES string of the molecule is CCCCCCCCC(CCCCCCCC)CCOC(=O)CCCCCC(O)CCCCCCC.CCCCCCCCCCCCC(CCCCCCCCCCCC)CCOC(=O)CCCCCC(O)CCCCCCC. The number of rotatable bonds is 66. The van der Waals surface area contributed by atoms with E-state index >= 15 is 0 Å². The van der Waals surface area contributed by atoms with Crippen LogP contribution < -0.4 is 0 Å². The van der Waals surface area contributed by atoms with Gasteiger partial charge >= 0.3 is 11.9 Å². The van der Waals surface area contributed by atoms with E-state index in [0.29, 0.717) is 32.0 Å². The number of aliphatic hydroxyl groups excluding tert-OH is 2. The highest BCUT2D eigenvalue weighted by atomic mass is 16.5. The molecule has 0 aromatic rings. The van der Waals surface area contributed by atoms with Gasteiger partial charge in [-0.25, -0.2) is 0 Å². The molecule has 0 rings (SSSR count). The van der Waals surface area contributed by atoms with E-state index in [2.05, 4.69) is 41.5 Å². The molecule has 0 aliphatic rings. The van der Waals surface area contributed by atoms with Crippen LogP contribution in [0.2, 0.25) is 0 Å². The summed E-state index contributed by atoms with van der Waals surface area (Å²) in [6.45, 7) is 14.8. The number of unbranched alkanes of at least 4 members (excludes halogenated alkanes) is 40. The summed E-state index contributed by atoms with van der Waals surface area (Å²) >= 11 is 0. The Bertz CT molecular complexity index is 1120. The van der Waals surface area contributed by atoms with Crippen LogP contribution >= 0.6 is 0 Å². The molecule has 0 aromatic heterocycles. The molecular formula is C74H148O6. The van der Waals surface area contributed by atoms with Crippen LogP contribution in [-0.4, -0.2) is 47.6 Å². The third-order valence-electron chi connectivity index (χ3n) is 17.6. The van der Waals surface area contributed by atoms with Crippen molar-refractivity contribution in [2.75, 3.05) is 13.2 Å². The van der Waals surface area contributed by atoms with Crippen molar-refractivity contribution in [2.45, 2.75) is 439 Å². The minimum Gasteiger partial charge on any atom is -0.466 e. The summed E-state index contributed by atoms with van der Waals surface area (Å²) in [6.07, 6.45) is 74.3. The van der Waals surface area contributed by atoms with Crippen molar-refractivity contribution in [3.63, 3.8) is 0 Å². The fraction of sp³-hybridized carbons (Fsp3) is 0.973. The molecule has 480 valence electrons. The Balaban J connectivity index is 0. The van der Waals surface area contributed by atoms with Crippen molar-refractivity contribution >= 4 is 11.9 Å². The van der Waals surface area contributed by atoms with Crippen LogP contribution in [0.4, 0.5) is 0 Å². The topological polar surface area (TPSA) is 93.1 Å². The monoisotopic (exact) mass is 1130 g/mol. The van der Waals surface area contributed by atoms with E-state index in [1.807, 2.05) is 0 Å². The van der Waals surface area contributed by atoms with Gasteiger partial charge in [-0.3, -0.25) is 9.59 Å². The molecule has 6 nitrogen and oxygen atoms in total. The molecule has 2 atom stereocenters. The summed E-state index contributed by atoms with van der Waals surface area (Å²) in [5, 5.41) is 20.3. The fourth-order valence-corrected chi connectivity index (χ4v) is 11.9. The Hall–Kier alpha value is -1.14. The Kier molecular flexibility index (Phi) is 71.2. The normalized spacial score (nSPS) is 12.3. The first-order valence-corrected chi connectivity index (χ1v) is 36.9. The Morgan fingerprint density at radius 3 is 0.625 bits per heavy atom. The molecule has 6 heteroatoms. The Labute approximate surface area is 503 Å². The van der Waals surface area contributed by atoms with Crippen molar-refractivity contribution < 1.29 is 29.3 Å². The molecule has 80 heavy (non-hydrogen) atoms. The smallest absolute Gasteiger partial charge is 0.305 e. The van der Waals surface area contributed by atoms with Crippen LogP contribution in [0.5, 0.6) is 0 Å². The van der Waals surface area contributed by atoms with Gasteiger partial charge in [0.2, 0.25) is 0 Å². The highest BCUT2D eigenvalue weighted by Crippen LogP contribution is 2.25. The molecule has 2 unspecified atom stereocenters. The molecule has 0 spiro atoms. The highest BCUT2D eigenvalue weighted by molar-refractivity contribution is 5.69. The van der Waals surface area contributed by atoms with Crippen LogP contribution in [0.3, 0.4) is 0 Å². The number of hydrogen-bond donors (Lipinski definition) is 2. The molecule has 0 heterocycles.